The number of hydrogen-bond acceptors (Lipinski definition) is 3. The van der Waals surface area contributed by atoms with Gasteiger partial charge < -0.3 is 5.11 Å². The molecule has 1 rings (SSSR count). The van der Waals surface area contributed by atoms with Crippen LogP contribution in [0, 0.1) is 0 Å². The number of sulfonamides is 1. The fourth-order valence-corrected chi connectivity index (χ4v) is 2.99. The summed E-state index contributed by atoms with van der Waals surface area (Å²) in [6, 6.07) is 4.03. The van der Waals surface area contributed by atoms with Crippen LogP contribution in [0.5, 0.6) is 0 Å². The molecule has 0 fully saturated rings. The van der Waals surface area contributed by atoms with E-state index >= 15 is 0 Å². The first kappa shape index (κ1) is 16.2. The van der Waals surface area contributed by atoms with E-state index in [9.17, 15) is 13.2 Å². The van der Waals surface area contributed by atoms with E-state index in [1.165, 1.54) is 25.2 Å². The number of halogens is 2. The van der Waals surface area contributed by atoms with Crippen LogP contribution in [-0.2, 0) is 14.8 Å². The van der Waals surface area contributed by atoms with Crippen molar-refractivity contribution in [2.45, 2.75) is 17.7 Å². The summed E-state index contributed by atoms with van der Waals surface area (Å²) < 4.78 is 25.4. The van der Waals surface area contributed by atoms with Crippen LogP contribution in [0.1, 0.15) is 12.8 Å². The number of carboxylic acids is 1. The van der Waals surface area contributed by atoms with E-state index in [0.717, 1.165) is 4.31 Å². The predicted octanol–water partition coefficient (Wildman–Crippen LogP) is 2.48. The zero-order valence-corrected chi connectivity index (χ0v) is 12.5. The highest BCUT2D eigenvalue weighted by molar-refractivity contribution is 7.89. The lowest BCUT2D eigenvalue weighted by Gasteiger charge is -2.17. The van der Waals surface area contributed by atoms with Gasteiger partial charge in [0.2, 0.25) is 10.0 Å². The molecule has 0 heterocycles. The van der Waals surface area contributed by atoms with Crippen LogP contribution >= 0.6 is 23.2 Å². The summed E-state index contributed by atoms with van der Waals surface area (Å²) in [5.41, 5.74) is 0. The van der Waals surface area contributed by atoms with E-state index in [0.29, 0.717) is 0 Å². The van der Waals surface area contributed by atoms with Crippen LogP contribution in [0.3, 0.4) is 0 Å². The Morgan fingerprint density at radius 1 is 1.32 bits per heavy atom. The van der Waals surface area contributed by atoms with Crippen LogP contribution in [0.25, 0.3) is 0 Å². The first-order chi connectivity index (χ1) is 8.75. The van der Waals surface area contributed by atoms with E-state index in [-0.39, 0.29) is 34.3 Å². The van der Waals surface area contributed by atoms with E-state index in [1.807, 2.05) is 0 Å². The molecule has 0 radical (unpaired) electrons. The van der Waals surface area contributed by atoms with E-state index in [2.05, 4.69) is 0 Å². The second-order valence-electron chi connectivity index (χ2n) is 3.90. The van der Waals surface area contributed by atoms with Gasteiger partial charge in [-0.3, -0.25) is 4.79 Å². The third-order valence-corrected chi connectivity index (χ3v) is 5.05. The van der Waals surface area contributed by atoms with Crippen molar-refractivity contribution in [2.75, 3.05) is 13.6 Å². The highest BCUT2D eigenvalue weighted by Crippen LogP contribution is 2.26. The summed E-state index contributed by atoms with van der Waals surface area (Å²) in [6.07, 6.45) is 0.160. The lowest BCUT2D eigenvalue weighted by molar-refractivity contribution is -0.137. The Balaban J connectivity index is 2.84. The number of nitrogens with zero attached hydrogens (tertiary/aromatic N) is 1. The quantitative estimate of drug-likeness (QED) is 0.871. The number of rotatable bonds is 6. The molecule has 0 aliphatic rings. The lowest BCUT2D eigenvalue weighted by Crippen LogP contribution is -2.28. The van der Waals surface area contributed by atoms with Crippen molar-refractivity contribution in [1.82, 2.24) is 4.31 Å². The van der Waals surface area contributed by atoms with Gasteiger partial charge in [-0.1, -0.05) is 23.2 Å². The number of aliphatic carboxylic acids is 1. The predicted molar refractivity (Wildman–Crippen MR) is 73.1 cm³/mol. The molecule has 19 heavy (non-hydrogen) atoms. The summed E-state index contributed by atoms with van der Waals surface area (Å²) in [5.74, 6) is -0.958. The van der Waals surface area contributed by atoms with Crippen molar-refractivity contribution < 1.29 is 18.3 Å². The fourth-order valence-electron chi connectivity index (χ4n) is 1.39. The molecule has 1 aromatic rings. The molecule has 0 unspecified atom stereocenters. The first-order valence-corrected chi connectivity index (χ1v) is 7.58. The Hall–Kier alpha value is -0.820. The van der Waals surface area contributed by atoms with Crippen LogP contribution in [-0.4, -0.2) is 37.4 Å². The zero-order chi connectivity index (χ0) is 14.6. The Labute approximate surface area is 121 Å². The van der Waals surface area contributed by atoms with Crippen molar-refractivity contribution in [3.05, 3.63) is 28.2 Å². The molecule has 0 aromatic heterocycles. The molecule has 0 aliphatic heterocycles. The highest BCUT2D eigenvalue weighted by atomic mass is 35.5. The maximum Gasteiger partial charge on any atom is 0.303 e. The maximum absolute atomic E-state index is 12.1. The van der Waals surface area contributed by atoms with Gasteiger partial charge in [0.05, 0.1) is 14.9 Å². The molecule has 0 amide bonds. The Morgan fingerprint density at radius 3 is 2.47 bits per heavy atom. The van der Waals surface area contributed by atoms with Crippen LogP contribution in [0.2, 0.25) is 10.0 Å². The van der Waals surface area contributed by atoms with Crippen molar-refractivity contribution in [3.63, 3.8) is 0 Å². The molecule has 106 valence electrons. The van der Waals surface area contributed by atoms with Gasteiger partial charge in [-0.15, -0.1) is 0 Å². The van der Waals surface area contributed by atoms with Crippen molar-refractivity contribution in [1.29, 1.82) is 0 Å². The Kier molecular flexibility index (Phi) is 5.61. The molecule has 8 heteroatoms. The van der Waals surface area contributed by atoms with Gasteiger partial charge in [0.1, 0.15) is 0 Å². The summed E-state index contributed by atoms with van der Waals surface area (Å²) in [6.45, 7) is 0.120. The normalized spacial score (nSPS) is 11.8. The summed E-state index contributed by atoms with van der Waals surface area (Å²) >= 11 is 11.5. The molecule has 0 aliphatic carbocycles. The number of carbonyl (C=O) groups is 1. The SMILES string of the molecule is CN(CCCC(=O)O)S(=O)(=O)c1ccc(Cl)c(Cl)c1. The van der Waals surface area contributed by atoms with Crippen LogP contribution in [0.4, 0.5) is 0 Å². The summed E-state index contributed by atoms with van der Waals surface area (Å²) in [5, 5.41) is 8.94. The van der Waals surface area contributed by atoms with Gasteiger partial charge in [0, 0.05) is 20.0 Å². The molecule has 1 aromatic carbocycles. The number of benzene rings is 1. The van der Waals surface area contributed by atoms with E-state index in [4.69, 9.17) is 28.3 Å². The molecular weight excluding hydrogens is 313 g/mol. The van der Waals surface area contributed by atoms with Crippen molar-refractivity contribution >= 4 is 39.2 Å². The summed E-state index contributed by atoms with van der Waals surface area (Å²) in [4.78, 5) is 10.4. The smallest absolute Gasteiger partial charge is 0.303 e. The Morgan fingerprint density at radius 2 is 1.95 bits per heavy atom. The van der Waals surface area contributed by atoms with Gasteiger partial charge in [0.15, 0.2) is 0 Å². The molecule has 0 atom stereocenters. The third kappa shape index (κ3) is 4.35. The topological polar surface area (TPSA) is 74.7 Å². The lowest BCUT2D eigenvalue weighted by atomic mass is 10.3. The number of carboxylic acid groups (broad SMARTS) is 1. The molecular formula is C11H13Cl2NO4S. The molecule has 0 spiro atoms. The van der Waals surface area contributed by atoms with Crippen molar-refractivity contribution in [2.24, 2.45) is 0 Å². The third-order valence-electron chi connectivity index (χ3n) is 2.46. The minimum Gasteiger partial charge on any atom is -0.481 e. The zero-order valence-electron chi connectivity index (χ0n) is 10.1. The number of hydrogen-bond donors (Lipinski definition) is 1. The van der Waals surface area contributed by atoms with Crippen LogP contribution < -0.4 is 0 Å². The Bertz CT molecular complexity index is 574. The van der Waals surface area contributed by atoms with Gasteiger partial charge in [-0.25, -0.2) is 12.7 Å². The average molecular weight is 326 g/mol. The minimum atomic E-state index is -3.68. The van der Waals surface area contributed by atoms with E-state index in [1.54, 1.807) is 0 Å². The fraction of sp³-hybridized carbons (Fsp3) is 0.364. The van der Waals surface area contributed by atoms with Crippen LogP contribution in [0.15, 0.2) is 23.1 Å². The molecule has 5 nitrogen and oxygen atoms in total. The largest absolute Gasteiger partial charge is 0.481 e. The van der Waals surface area contributed by atoms with Gasteiger partial charge in [-0.2, -0.15) is 0 Å². The average Bonchev–Trinajstić information content (AvgIpc) is 2.31. The summed E-state index contributed by atoms with van der Waals surface area (Å²) in [7, 11) is -2.29. The maximum atomic E-state index is 12.1. The minimum absolute atomic E-state index is 0.0275. The van der Waals surface area contributed by atoms with Gasteiger partial charge in [-0.05, 0) is 24.6 Å². The van der Waals surface area contributed by atoms with Crippen molar-refractivity contribution in [3.8, 4) is 0 Å². The monoisotopic (exact) mass is 325 g/mol. The molecule has 1 N–H and O–H groups in total. The standard InChI is InChI=1S/C11H13Cl2NO4S/c1-14(6-2-3-11(15)16)19(17,18)8-4-5-9(12)10(13)7-8/h4-5,7H,2-3,6H2,1H3,(H,15,16). The second kappa shape index (κ2) is 6.56. The van der Waals surface area contributed by atoms with Gasteiger partial charge >= 0.3 is 5.97 Å². The van der Waals surface area contributed by atoms with E-state index < -0.39 is 16.0 Å². The molecule has 0 saturated carbocycles. The molecule has 0 bridgehead atoms. The highest BCUT2D eigenvalue weighted by Gasteiger charge is 2.21. The first-order valence-electron chi connectivity index (χ1n) is 5.38. The molecule has 0 saturated heterocycles. The second-order valence-corrected chi connectivity index (χ2v) is 6.76. The van der Waals surface area contributed by atoms with Gasteiger partial charge in [0.25, 0.3) is 0 Å².